The average molecular weight is 226 g/mol. The lowest BCUT2D eigenvalue weighted by Crippen LogP contribution is -2.10. The van der Waals surface area contributed by atoms with Crippen LogP contribution in [0.2, 0.25) is 0 Å². The molecule has 0 amide bonds. The molecule has 0 saturated carbocycles. The van der Waals surface area contributed by atoms with E-state index in [1.807, 2.05) is 24.4 Å². The van der Waals surface area contributed by atoms with Gasteiger partial charge in [-0.1, -0.05) is 6.07 Å². The zero-order valence-electron chi connectivity index (χ0n) is 8.86. The first-order valence-electron chi connectivity index (χ1n) is 4.83. The molecule has 3 nitrogen and oxygen atoms in total. The number of ether oxygens (including phenoxy) is 2. The molecule has 0 unspecified atom stereocenters. The number of carbonyl (C=O) groups is 1. The predicted octanol–water partition coefficient (Wildman–Crippen LogP) is 2.69. The minimum absolute atomic E-state index is 0.266. The molecule has 1 rings (SSSR count). The summed E-state index contributed by atoms with van der Waals surface area (Å²) in [6.07, 6.45) is 1.70. The van der Waals surface area contributed by atoms with Crippen LogP contribution < -0.4 is 0 Å². The molecule has 0 saturated heterocycles. The van der Waals surface area contributed by atoms with Gasteiger partial charge in [-0.15, -0.1) is 11.3 Å². The summed E-state index contributed by atoms with van der Waals surface area (Å²) in [4.78, 5) is 12.4. The molecular formula is C11H14O3S. The van der Waals surface area contributed by atoms with E-state index in [9.17, 15) is 4.79 Å². The van der Waals surface area contributed by atoms with Crippen LogP contribution in [0.4, 0.5) is 0 Å². The van der Waals surface area contributed by atoms with Crippen molar-refractivity contribution in [2.75, 3.05) is 13.2 Å². The Morgan fingerprint density at radius 2 is 2.13 bits per heavy atom. The van der Waals surface area contributed by atoms with Crippen LogP contribution in [0.15, 0.2) is 23.3 Å². The second-order valence-electron chi connectivity index (χ2n) is 2.68. The Hall–Kier alpha value is -1.29. The molecule has 0 fully saturated rings. The first-order chi connectivity index (χ1) is 7.27. The highest BCUT2D eigenvalue weighted by Gasteiger charge is 2.11. The number of thiophene rings is 1. The van der Waals surface area contributed by atoms with E-state index < -0.39 is 5.97 Å². The Morgan fingerprint density at radius 3 is 2.67 bits per heavy atom. The van der Waals surface area contributed by atoms with Crippen molar-refractivity contribution in [1.82, 2.24) is 0 Å². The van der Waals surface area contributed by atoms with Gasteiger partial charge >= 0.3 is 5.97 Å². The minimum atomic E-state index is -0.409. The van der Waals surface area contributed by atoms with Crippen molar-refractivity contribution < 1.29 is 14.3 Å². The first-order valence-corrected chi connectivity index (χ1v) is 5.71. The second-order valence-corrected chi connectivity index (χ2v) is 3.66. The average Bonchev–Trinajstić information content (AvgIpc) is 2.70. The monoisotopic (exact) mass is 226 g/mol. The summed E-state index contributed by atoms with van der Waals surface area (Å²) in [7, 11) is 0. The molecule has 0 aromatic carbocycles. The Kier molecular flexibility index (Phi) is 4.90. The molecule has 1 aromatic heterocycles. The molecule has 4 heteroatoms. The van der Waals surface area contributed by atoms with Gasteiger partial charge in [0.15, 0.2) is 0 Å². The van der Waals surface area contributed by atoms with Crippen molar-refractivity contribution in [3.8, 4) is 0 Å². The van der Waals surface area contributed by atoms with Gasteiger partial charge in [0, 0.05) is 11.0 Å². The lowest BCUT2D eigenvalue weighted by Gasteiger charge is -2.06. The van der Waals surface area contributed by atoms with Crippen LogP contribution in [0.5, 0.6) is 0 Å². The van der Waals surface area contributed by atoms with Gasteiger partial charge in [0.05, 0.1) is 13.2 Å². The maximum absolute atomic E-state index is 11.4. The van der Waals surface area contributed by atoms with Crippen molar-refractivity contribution in [3.63, 3.8) is 0 Å². The van der Waals surface area contributed by atoms with Gasteiger partial charge in [0.1, 0.15) is 0 Å². The lowest BCUT2D eigenvalue weighted by molar-refractivity contribution is -0.142. The third kappa shape index (κ3) is 3.75. The second kappa shape index (κ2) is 6.24. The maximum atomic E-state index is 11.4. The van der Waals surface area contributed by atoms with Gasteiger partial charge in [0.2, 0.25) is 5.76 Å². The Labute approximate surface area is 93.3 Å². The molecular weight excluding hydrogens is 212 g/mol. The molecule has 0 spiro atoms. The molecule has 0 radical (unpaired) electrons. The van der Waals surface area contributed by atoms with Crippen molar-refractivity contribution in [1.29, 1.82) is 0 Å². The molecule has 0 aliphatic heterocycles. The molecule has 82 valence electrons. The SMILES string of the molecule is CCOC(=O)/C(=C\c1cccs1)OCC. The number of hydrogen-bond acceptors (Lipinski definition) is 4. The Balaban J connectivity index is 2.77. The van der Waals surface area contributed by atoms with Crippen LogP contribution in [-0.4, -0.2) is 19.2 Å². The summed E-state index contributed by atoms with van der Waals surface area (Å²) in [5, 5.41) is 1.94. The largest absolute Gasteiger partial charge is 0.487 e. The fourth-order valence-electron chi connectivity index (χ4n) is 1.02. The highest BCUT2D eigenvalue weighted by Crippen LogP contribution is 2.14. The third-order valence-electron chi connectivity index (χ3n) is 1.59. The molecule has 0 N–H and O–H groups in total. The van der Waals surface area contributed by atoms with Crippen LogP contribution in [0.1, 0.15) is 18.7 Å². The minimum Gasteiger partial charge on any atom is -0.487 e. The standard InChI is InChI=1S/C11H14O3S/c1-3-13-10(11(12)14-4-2)8-9-6-5-7-15-9/h5-8H,3-4H2,1-2H3/b10-8+. The summed E-state index contributed by atoms with van der Waals surface area (Å²) in [6, 6.07) is 3.84. The van der Waals surface area contributed by atoms with Crippen molar-refractivity contribution in [2.45, 2.75) is 13.8 Å². The van der Waals surface area contributed by atoms with E-state index in [1.54, 1.807) is 24.3 Å². The van der Waals surface area contributed by atoms with Crippen molar-refractivity contribution >= 4 is 23.4 Å². The molecule has 1 aromatic rings. The maximum Gasteiger partial charge on any atom is 0.373 e. The van der Waals surface area contributed by atoms with Gasteiger partial charge in [0.25, 0.3) is 0 Å². The molecule has 15 heavy (non-hydrogen) atoms. The zero-order chi connectivity index (χ0) is 11.1. The number of esters is 1. The Bertz CT molecular complexity index is 328. The summed E-state index contributed by atoms with van der Waals surface area (Å²) < 4.78 is 10.1. The van der Waals surface area contributed by atoms with Gasteiger partial charge in [-0.05, 0) is 25.3 Å². The summed E-state index contributed by atoms with van der Waals surface area (Å²) in [5.74, 6) is -0.144. The highest BCUT2D eigenvalue weighted by atomic mass is 32.1. The van der Waals surface area contributed by atoms with Gasteiger partial charge in [-0.25, -0.2) is 4.79 Å². The topological polar surface area (TPSA) is 35.5 Å². The van der Waals surface area contributed by atoms with Gasteiger partial charge in [-0.2, -0.15) is 0 Å². The van der Waals surface area contributed by atoms with Gasteiger partial charge < -0.3 is 9.47 Å². The van der Waals surface area contributed by atoms with Crippen LogP contribution in [0.25, 0.3) is 6.08 Å². The number of carbonyl (C=O) groups excluding carboxylic acids is 1. The lowest BCUT2D eigenvalue weighted by atomic mass is 10.4. The fourth-order valence-corrected chi connectivity index (χ4v) is 1.67. The third-order valence-corrected chi connectivity index (χ3v) is 2.41. The molecule has 0 aliphatic carbocycles. The zero-order valence-corrected chi connectivity index (χ0v) is 9.67. The van der Waals surface area contributed by atoms with E-state index in [0.717, 1.165) is 4.88 Å². The van der Waals surface area contributed by atoms with Crippen LogP contribution in [-0.2, 0) is 14.3 Å². The van der Waals surface area contributed by atoms with Crippen LogP contribution in [0.3, 0.4) is 0 Å². The normalized spacial score (nSPS) is 11.2. The number of rotatable bonds is 5. The first kappa shape index (κ1) is 11.8. The van der Waals surface area contributed by atoms with E-state index in [-0.39, 0.29) is 5.76 Å². The molecule has 0 aliphatic rings. The summed E-state index contributed by atoms with van der Waals surface area (Å²) in [6.45, 7) is 4.41. The number of hydrogen-bond donors (Lipinski definition) is 0. The molecule has 0 bridgehead atoms. The van der Waals surface area contributed by atoms with E-state index in [1.165, 1.54) is 0 Å². The van der Waals surface area contributed by atoms with Gasteiger partial charge in [-0.3, -0.25) is 0 Å². The van der Waals surface area contributed by atoms with E-state index in [0.29, 0.717) is 13.2 Å². The Morgan fingerprint density at radius 1 is 1.40 bits per heavy atom. The van der Waals surface area contributed by atoms with Crippen LogP contribution >= 0.6 is 11.3 Å². The van der Waals surface area contributed by atoms with E-state index in [4.69, 9.17) is 9.47 Å². The highest BCUT2D eigenvalue weighted by molar-refractivity contribution is 7.10. The van der Waals surface area contributed by atoms with E-state index >= 15 is 0 Å². The van der Waals surface area contributed by atoms with E-state index in [2.05, 4.69) is 0 Å². The van der Waals surface area contributed by atoms with Crippen LogP contribution in [0, 0.1) is 0 Å². The molecule has 0 atom stereocenters. The summed E-state index contributed by atoms with van der Waals surface area (Å²) in [5.41, 5.74) is 0. The smallest absolute Gasteiger partial charge is 0.373 e. The van der Waals surface area contributed by atoms with Crippen molar-refractivity contribution in [3.05, 3.63) is 28.1 Å². The molecule has 1 heterocycles. The van der Waals surface area contributed by atoms with Crippen molar-refractivity contribution in [2.24, 2.45) is 0 Å². The summed E-state index contributed by atoms with van der Waals surface area (Å²) >= 11 is 1.55. The predicted molar refractivity (Wildman–Crippen MR) is 60.6 cm³/mol. The fraction of sp³-hybridized carbons (Fsp3) is 0.364. The quantitative estimate of drug-likeness (QED) is 0.440.